The summed E-state index contributed by atoms with van der Waals surface area (Å²) in [7, 11) is 0. The van der Waals surface area contributed by atoms with Crippen LogP contribution in [0.2, 0.25) is 0 Å². The lowest BCUT2D eigenvalue weighted by atomic mass is 10.1. The number of nitrogens with two attached hydrogens (primary N) is 1. The van der Waals surface area contributed by atoms with Crippen LogP contribution in [0.1, 0.15) is 6.42 Å². The number of carbonyl (C=O) groups is 1. The fraction of sp³-hybridized carbons (Fsp3) is 0.286. The Morgan fingerprint density at radius 1 is 1.45 bits per heavy atom. The average Bonchev–Trinajstić information content (AvgIpc) is 3.10. The minimum Gasteiger partial charge on any atom is -0.398 e. The predicted octanol–water partition coefficient (Wildman–Crippen LogP) is 1.94. The van der Waals surface area contributed by atoms with Crippen molar-refractivity contribution < 1.29 is 4.79 Å². The van der Waals surface area contributed by atoms with Crippen molar-refractivity contribution >= 4 is 28.1 Å². The smallest absolute Gasteiger partial charge is 0.230 e. The van der Waals surface area contributed by atoms with E-state index in [4.69, 9.17) is 5.73 Å². The minimum absolute atomic E-state index is 0.0388. The molecule has 1 atom stereocenters. The van der Waals surface area contributed by atoms with Gasteiger partial charge in [-0.25, -0.2) is 4.98 Å². The second-order valence-corrected chi connectivity index (χ2v) is 5.83. The minimum atomic E-state index is 0.0388. The molecule has 0 bridgehead atoms. The Balaban J connectivity index is 1.74. The van der Waals surface area contributed by atoms with E-state index in [2.05, 4.69) is 15.6 Å². The van der Waals surface area contributed by atoms with Crippen molar-refractivity contribution in [2.24, 2.45) is 5.92 Å². The van der Waals surface area contributed by atoms with Gasteiger partial charge in [-0.15, -0.1) is 0 Å². The summed E-state index contributed by atoms with van der Waals surface area (Å²) in [6, 6.07) is 7.65. The molecule has 0 saturated carbocycles. The molecule has 0 radical (unpaired) electrons. The number of rotatable bonds is 3. The molecule has 6 heteroatoms. The van der Waals surface area contributed by atoms with Gasteiger partial charge < -0.3 is 16.4 Å². The van der Waals surface area contributed by atoms with Crippen LogP contribution in [0.3, 0.4) is 0 Å². The molecule has 1 saturated heterocycles. The lowest BCUT2D eigenvalue weighted by Crippen LogP contribution is -2.24. The van der Waals surface area contributed by atoms with Crippen LogP contribution < -0.4 is 16.4 Å². The van der Waals surface area contributed by atoms with E-state index in [-0.39, 0.29) is 11.8 Å². The molecule has 2 aromatic rings. The maximum absolute atomic E-state index is 12.0. The Morgan fingerprint density at radius 3 is 3.05 bits per heavy atom. The van der Waals surface area contributed by atoms with Gasteiger partial charge in [-0.05, 0) is 19.0 Å². The molecule has 1 fully saturated rings. The molecule has 1 amide bonds. The molecule has 20 heavy (non-hydrogen) atoms. The average molecular weight is 288 g/mol. The zero-order valence-electron chi connectivity index (χ0n) is 10.9. The number of nitrogens with one attached hydrogen (secondary N) is 2. The van der Waals surface area contributed by atoms with Gasteiger partial charge in [-0.3, -0.25) is 4.79 Å². The highest BCUT2D eigenvalue weighted by molar-refractivity contribution is 7.19. The largest absolute Gasteiger partial charge is 0.398 e. The SMILES string of the molecule is Nc1ccccc1-c1cnc(NC(=O)C2CCNC2)s1. The molecule has 0 spiro atoms. The quantitative estimate of drug-likeness (QED) is 0.754. The number of hydrogen-bond donors (Lipinski definition) is 3. The molecule has 0 aliphatic carbocycles. The topological polar surface area (TPSA) is 80.0 Å². The standard InChI is InChI=1S/C14H16N4OS/c15-11-4-2-1-3-10(11)12-8-17-14(20-12)18-13(19)9-5-6-16-7-9/h1-4,8-9,16H,5-7,15H2,(H,17,18,19). The second-order valence-electron chi connectivity index (χ2n) is 4.80. The fourth-order valence-electron chi connectivity index (χ4n) is 2.26. The third kappa shape index (κ3) is 2.66. The monoisotopic (exact) mass is 288 g/mol. The molecule has 1 aromatic carbocycles. The van der Waals surface area contributed by atoms with Crippen LogP contribution in [0, 0.1) is 5.92 Å². The lowest BCUT2D eigenvalue weighted by Gasteiger charge is -2.06. The Kier molecular flexibility index (Phi) is 3.66. The molecule has 4 N–H and O–H groups in total. The third-order valence-electron chi connectivity index (χ3n) is 3.39. The van der Waals surface area contributed by atoms with Crippen LogP contribution in [0.15, 0.2) is 30.5 Å². The van der Waals surface area contributed by atoms with E-state index in [1.807, 2.05) is 24.3 Å². The van der Waals surface area contributed by atoms with Gasteiger partial charge in [0, 0.05) is 24.0 Å². The summed E-state index contributed by atoms with van der Waals surface area (Å²) in [4.78, 5) is 17.2. The summed E-state index contributed by atoms with van der Waals surface area (Å²) in [5.41, 5.74) is 7.61. The van der Waals surface area contributed by atoms with Crippen LogP contribution in [-0.4, -0.2) is 24.0 Å². The number of aromatic nitrogens is 1. The zero-order valence-corrected chi connectivity index (χ0v) is 11.7. The van der Waals surface area contributed by atoms with Gasteiger partial charge in [0.05, 0.1) is 10.8 Å². The van der Waals surface area contributed by atoms with Gasteiger partial charge in [0.15, 0.2) is 5.13 Å². The van der Waals surface area contributed by atoms with Crippen LogP contribution in [0.25, 0.3) is 10.4 Å². The van der Waals surface area contributed by atoms with Gasteiger partial charge in [0.25, 0.3) is 0 Å². The van der Waals surface area contributed by atoms with Gasteiger partial charge in [-0.1, -0.05) is 29.5 Å². The van der Waals surface area contributed by atoms with Crippen molar-refractivity contribution in [3.63, 3.8) is 0 Å². The summed E-state index contributed by atoms with van der Waals surface area (Å²) in [6.07, 6.45) is 2.63. The van der Waals surface area contributed by atoms with Gasteiger partial charge in [0.1, 0.15) is 0 Å². The van der Waals surface area contributed by atoms with E-state index >= 15 is 0 Å². The van der Waals surface area contributed by atoms with Crippen LogP contribution in [0.4, 0.5) is 10.8 Å². The normalized spacial score (nSPS) is 18.1. The van der Waals surface area contributed by atoms with Gasteiger partial charge in [-0.2, -0.15) is 0 Å². The Morgan fingerprint density at radius 2 is 2.30 bits per heavy atom. The first-order valence-corrected chi connectivity index (χ1v) is 7.38. The van der Waals surface area contributed by atoms with Crippen molar-refractivity contribution in [2.45, 2.75) is 6.42 Å². The Labute approximate surface area is 121 Å². The van der Waals surface area contributed by atoms with Crippen LogP contribution in [0.5, 0.6) is 0 Å². The molecule has 1 aromatic heterocycles. The van der Waals surface area contributed by atoms with E-state index in [9.17, 15) is 4.79 Å². The summed E-state index contributed by atoms with van der Waals surface area (Å²) in [6.45, 7) is 1.65. The highest BCUT2D eigenvalue weighted by Gasteiger charge is 2.23. The van der Waals surface area contributed by atoms with Crippen LogP contribution in [-0.2, 0) is 4.79 Å². The molecule has 2 heterocycles. The van der Waals surface area contributed by atoms with Crippen molar-refractivity contribution in [1.82, 2.24) is 10.3 Å². The summed E-state index contributed by atoms with van der Waals surface area (Å²) in [5.74, 6) is 0.0843. The highest BCUT2D eigenvalue weighted by Crippen LogP contribution is 2.32. The number of hydrogen-bond acceptors (Lipinski definition) is 5. The van der Waals surface area contributed by atoms with E-state index in [0.29, 0.717) is 10.8 Å². The number of anilines is 2. The van der Waals surface area contributed by atoms with Crippen molar-refractivity contribution in [3.8, 4) is 10.4 Å². The number of nitrogens with zero attached hydrogens (tertiary/aromatic N) is 1. The number of amides is 1. The van der Waals surface area contributed by atoms with Crippen molar-refractivity contribution in [2.75, 3.05) is 24.1 Å². The molecule has 104 valence electrons. The molecule has 3 rings (SSSR count). The first kappa shape index (κ1) is 13.1. The fourth-order valence-corrected chi connectivity index (χ4v) is 3.13. The number of carbonyl (C=O) groups excluding carboxylic acids is 1. The summed E-state index contributed by atoms with van der Waals surface area (Å²) >= 11 is 1.44. The van der Waals surface area contributed by atoms with E-state index in [1.54, 1.807) is 6.20 Å². The van der Waals surface area contributed by atoms with E-state index < -0.39 is 0 Å². The molecular weight excluding hydrogens is 272 g/mol. The second kappa shape index (κ2) is 5.60. The number of nitrogen functional groups attached to an aromatic ring is 1. The highest BCUT2D eigenvalue weighted by atomic mass is 32.1. The maximum Gasteiger partial charge on any atom is 0.230 e. The molecule has 1 unspecified atom stereocenters. The molecule has 5 nitrogen and oxygen atoms in total. The first-order valence-electron chi connectivity index (χ1n) is 6.56. The Bertz CT molecular complexity index is 619. The molecular formula is C14H16N4OS. The predicted molar refractivity (Wildman–Crippen MR) is 81.6 cm³/mol. The Hall–Kier alpha value is -1.92. The third-order valence-corrected chi connectivity index (χ3v) is 4.34. The molecule has 1 aliphatic heterocycles. The maximum atomic E-state index is 12.0. The summed E-state index contributed by atoms with van der Waals surface area (Å²) in [5, 5.41) is 6.69. The zero-order chi connectivity index (χ0) is 13.9. The van der Waals surface area contributed by atoms with Crippen LogP contribution >= 0.6 is 11.3 Å². The lowest BCUT2D eigenvalue weighted by molar-refractivity contribution is -0.119. The number of benzene rings is 1. The summed E-state index contributed by atoms with van der Waals surface area (Å²) < 4.78 is 0. The van der Waals surface area contributed by atoms with Gasteiger partial charge >= 0.3 is 0 Å². The van der Waals surface area contributed by atoms with E-state index in [1.165, 1.54) is 11.3 Å². The number of thiazole rings is 1. The number of para-hydroxylation sites is 1. The van der Waals surface area contributed by atoms with E-state index in [0.717, 1.165) is 30.0 Å². The van der Waals surface area contributed by atoms with Crippen molar-refractivity contribution in [1.29, 1.82) is 0 Å². The van der Waals surface area contributed by atoms with Gasteiger partial charge in [0.2, 0.25) is 5.91 Å². The van der Waals surface area contributed by atoms with Crippen molar-refractivity contribution in [3.05, 3.63) is 30.5 Å². The molecule has 1 aliphatic rings. The first-order chi connectivity index (χ1) is 9.74.